The standard InChI is InChI=1S/C21H24F3N3O3/c1-14-13-29-9-8-26(14)16-11-19(25-20(28)12-16)27-7-3-6-18(27)15-4-2-5-17(10-15)30-21(22,23)24/h2,4-5,10-12,14,18H,3,6-9,13H2,1H3,(H,25,28). The fourth-order valence-corrected chi connectivity index (χ4v) is 4.27. The van der Waals surface area contributed by atoms with E-state index in [0.717, 1.165) is 24.1 Å². The van der Waals surface area contributed by atoms with Crippen LogP contribution in [-0.4, -0.2) is 43.7 Å². The predicted octanol–water partition coefficient (Wildman–Crippen LogP) is 3.84. The van der Waals surface area contributed by atoms with Gasteiger partial charge in [-0.2, -0.15) is 0 Å². The van der Waals surface area contributed by atoms with E-state index in [9.17, 15) is 18.0 Å². The number of aromatic nitrogens is 1. The fraction of sp³-hybridized carbons (Fsp3) is 0.476. The molecule has 30 heavy (non-hydrogen) atoms. The molecule has 162 valence electrons. The Labute approximate surface area is 172 Å². The number of morpholine rings is 1. The van der Waals surface area contributed by atoms with Crippen molar-refractivity contribution in [3.63, 3.8) is 0 Å². The zero-order valence-electron chi connectivity index (χ0n) is 16.6. The third kappa shape index (κ3) is 4.56. The molecule has 2 saturated heterocycles. The number of halogens is 3. The number of benzene rings is 1. The van der Waals surface area contributed by atoms with E-state index in [2.05, 4.69) is 14.6 Å². The summed E-state index contributed by atoms with van der Waals surface area (Å²) >= 11 is 0. The molecule has 2 aliphatic heterocycles. The van der Waals surface area contributed by atoms with Crippen LogP contribution in [-0.2, 0) is 4.74 Å². The van der Waals surface area contributed by atoms with E-state index in [0.29, 0.717) is 32.1 Å². The summed E-state index contributed by atoms with van der Waals surface area (Å²) in [4.78, 5) is 19.5. The molecule has 2 aliphatic rings. The largest absolute Gasteiger partial charge is 0.573 e. The molecule has 0 radical (unpaired) electrons. The SMILES string of the molecule is CC1COCCN1c1cc(N2CCCC2c2cccc(OC(F)(F)F)c2)[nH]c(=O)c1. The number of rotatable bonds is 4. The van der Waals surface area contributed by atoms with Crippen molar-refractivity contribution in [2.45, 2.75) is 38.2 Å². The topological polar surface area (TPSA) is 57.8 Å². The monoisotopic (exact) mass is 423 g/mol. The number of ether oxygens (including phenoxy) is 2. The molecule has 2 unspecified atom stereocenters. The van der Waals surface area contributed by atoms with E-state index in [1.54, 1.807) is 18.2 Å². The van der Waals surface area contributed by atoms with E-state index in [-0.39, 0.29) is 23.4 Å². The summed E-state index contributed by atoms with van der Waals surface area (Å²) in [6.07, 6.45) is -3.09. The number of pyridine rings is 1. The van der Waals surface area contributed by atoms with Gasteiger partial charge in [-0.1, -0.05) is 12.1 Å². The quantitative estimate of drug-likeness (QED) is 0.810. The zero-order chi connectivity index (χ0) is 21.3. The average molecular weight is 423 g/mol. The Morgan fingerprint density at radius 3 is 2.77 bits per heavy atom. The maximum atomic E-state index is 12.6. The molecule has 4 rings (SSSR count). The van der Waals surface area contributed by atoms with Gasteiger partial charge >= 0.3 is 6.36 Å². The average Bonchev–Trinajstić information content (AvgIpc) is 3.17. The highest BCUT2D eigenvalue weighted by molar-refractivity contribution is 5.57. The second kappa shape index (κ2) is 8.22. The highest BCUT2D eigenvalue weighted by Gasteiger charge is 2.32. The van der Waals surface area contributed by atoms with Gasteiger partial charge < -0.3 is 24.3 Å². The predicted molar refractivity (Wildman–Crippen MR) is 107 cm³/mol. The van der Waals surface area contributed by atoms with E-state index in [4.69, 9.17) is 4.74 Å². The van der Waals surface area contributed by atoms with E-state index in [1.807, 2.05) is 17.9 Å². The summed E-state index contributed by atoms with van der Waals surface area (Å²) in [6, 6.07) is 9.58. The zero-order valence-corrected chi connectivity index (χ0v) is 16.6. The number of alkyl halides is 3. The molecule has 0 spiro atoms. The number of nitrogens with one attached hydrogen (secondary N) is 1. The summed E-state index contributed by atoms with van der Waals surface area (Å²) in [5, 5.41) is 0. The van der Waals surface area contributed by atoms with Crippen LogP contribution in [0, 0.1) is 0 Å². The smallest absolute Gasteiger partial charge is 0.406 e. The maximum Gasteiger partial charge on any atom is 0.573 e. The van der Waals surface area contributed by atoms with Crippen molar-refractivity contribution in [2.24, 2.45) is 0 Å². The Kier molecular flexibility index (Phi) is 5.64. The maximum absolute atomic E-state index is 12.6. The van der Waals surface area contributed by atoms with Crippen molar-refractivity contribution in [3.8, 4) is 5.75 Å². The lowest BCUT2D eigenvalue weighted by Crippen LogP contribution is -2.44. The molecule has 2 atom stereocenters. The third-order valence-corrected chi connectivity index (χ3v) is 5.55. The summed E-state index contributed by atoms with van der Waals surface area (Å²) < 4.78 is 47.4. The van der Waals surface area contributed by atoms with Crippen LogP contribution in [0.3, 0.4) is 0 Å². The molecular formula is C21H24F3N3O3. The van der Waals surface area contributed by atoms with Crippen LogP contribution in [0.5, 0.6) is 5.75 Å². The normalized spacial score (nSPS) is 22.4. The molecule has 0 bridgehead atoms. The van der Waals surface area contributed by atoms with Crippen LogP contribution >= 0.6 is 0 Å². The van der Waals surface area contributed by atoms with Crippen molar-refractivity contribution in [1.29, 1.82) is 0 Å². The molecule has 3 heterocycles. The van der Waals surface area contributed by atoms with Crippen LogP contribution in [0.25, 0.3) is 0 Å². The summed E-state index contributed by atoms with van der Waals surface area (Å²) in [6.45, 7) is 4.65. The molecule has 0 amide bonds. The lowest BCUT2D eigenvalue weighted by Gasteiger charge is -2.36. The lowest BCUT2D eigenvalue weighted by molar-refractivity contribution is -0.274. The number of hydrogen-bond donors (Lipinski definition) is 1. The highest BCUT2D eigenvalue weighted by Crippen LogP contribution is 2.37. The van der Waals surface area contributed by atoms with Gasteiger partial charge in [-0.05, 0) is 37.5 Å². The number of aromatic amines is 1. The van der Waals surface area contributed by atoms with Crippen LogP contribution in [0.2, 0.25) is 0 Å². The van der Waals surface area contributed by atoms with Gasteiger partial charge in [0.2, 0.25) is 0 Å². The Bertz CT molecular complexity index is 947. The van der Waals surface area contributed by atoms with Gasteiger partial charge in [0.25, 0.3) is 5.56 Å². The fourth-order valence-electron chi connectivity index (χ4n) is 4.27. The van der Waals surface area contributed by atoms with Crippen LogP contribution in [0.1, 0.15) is 31.4 Å². The number of H-pyrrole nitrogens is 1. The van der Waals surface area contributed by atoms with Crippen LogP contribution in [0.15, 0.2) is 41.2 Å². The second-order valence-electron chi connectivity index (χ2n) is 7.68. The molecule has 0 aliphatic carbocycles. The molecule has 0 saturated carbocycles. The van der Waals surface area contributed by atoms with E-state index in [1.165, 1.54) is 12.1 Å². The second-order valence-corrected chi connectivity index (χ2v) is 7.68. The molecule has 1 aromatic heterocycles. The van der Waals surface area contributed by atoms with Crippen molar-refractivity contribution in [1.82, 2.24) is 4.98 Å². The third-order valence-electron chi connectivity index (χ3n) is 5.55. The van der Waals surface area contributed by atoms with Crippen LogP contribution in [0.4, 0.5) is 24.7 Å². The number of nitrogens with zero attached hydrogens (tertiary/aromatic N) is 2. The van der Waals surface area contributed by atoms with Gasteiger partial charge in [-0.3, -0.25) is 4.79 Å². The molecule has 2 fully saturated rings. The van der Waals surface area contributed by atoms with Gasteiger partial charge in [-0.25, -0.2) is 0 Å². The first kappa shape index (κ1) is 20.6. The highest BCUT2D eigenvalue weighted by atomic mass is 19.4. The number of anilines is 2. The molecule has 1 aromatic carbocycles. The Hall–Kier alpha value is -2.68. The summed E-state index contributed by atoms with van der Waals surface area (Å²) in [5.41, 5.74) is 1.34. The number of hydrogen-bond acceptors (Lipinski definition) is 5. The first-order chi connectivity index (χ1) is 14.3. The van der Waals surface area contributed by atoms with Gasteiger partial charge in [0.1, 0.15) is 11.6 Å². The van der Waals surface area contributed by atoms with Crippen molar-refractivity contribution < 1.29 is 22.6 Å². The van der Waals surface area contributed by atoms with Crippen LogP contribution < -0.4 is 20.1 Å². The summed E-state index contributed by atoms with van der Waals surface area (Å²) in [5.74, 6) is 0.428. The first-order valence-corrected chi connectivity index (χ1v) is 10.0. The lowest BCUT2D eigenvalue weighted by atomic mass is 10.0. The Morgan fingerprint density at radius 1 is 1.17 bits per heavy atom. The van der Waals surface area contributed by atoms with Crippen molar-refractivity contribution in [3.05, 3.63) is 52.3 Å². The molecule has 9 heteroatoms. The Balaban J connectivity index is 1.63. The van der Waals surface area contributed by atoms with Crippen molar-refractivity contribution >= 4 is 11.5 Å². The van der Waals surface area contributed by atoms with E-state index < -0.39 is 6.36 Å². The first-order valence-electron chi connectivity index (χ1n) is 10.0. The van der Waals surface area contributed by atoms with Gasteiger partial charge in [0.15, 0.2) is 0 Å². The summed E-state index contributed by atoms with van der Waals surface area (Å²) in [7, 11) is 0. The Morgan fingerprint density at radius 2 is 2.00 bits per heavy atom. The van der Waals surface area contributed by atoms with E-state index >= 15 is 0 Å². The minimum atomic E-state index is -4.73. The molecule has 2 aromatic rings. The molecular weight excluding hydrogens is 399 g/mol. The van der Waals surface area contributed by atoms with Crippen molar-refractivity contribution in [2.75, 3.05) is 36.1 Å². The minimum absolute atomic E-state index is 0.144. The molecule has 6 nitrogen and oxygen atoms in total. The van der Waals surface area contributed by atoms with Gasteiger partial charge in [0, 0.05) is 37.0 Å². The molecule has 1 N–H and O–H groups in total. The van der Waals surface area contributed by atoms with Gasteiger partial charge in [-0.15, -0.1) is 13.2 Å². The minimum Gasteiger partial charge on any atom is -0.406 e. The van der Waals surface area contributed by atoms with Gasteiger partial charge in [0.05, 0.1) is 19.3 Å².